The molecule has 6 nitrogen and oxygen atoms in total. The highest BCUT2D eigenvalue weighted by Gasteiger charge is 2.51. The van der Waals surface area contributed by atoms with Crippen molar-refractivity contribution in [3.05, 3.63) is 36.0 Å². The van der Waals surface area contributed by atoms with Crippen LogP contribution in [0.4, 0.5) is 0 Å². The number of fused-ring (bicyclic) bond motifs is 2. The van der Waals surface area contributed by atoms with Gasteiger partial charge >= 0.3 is 5.97 Å². The van der Waals surface area contributed by atoms with E-state index in [4.69, 9.17) is 0 Å². The van der Waals surface area contributed by atoms with Crippen LogP contribution in [-0.2, 0) is 20.8 Å². The van der Waals surface area contributed by atoms with Crippen molar-refractivity contribution in [1.82, 2.24) is 9.88 Å². The fourth-order valence-corrected chi connectivity index (χ4v) is 4.29. The van der Waals surface area contributed by atoms with Gasteiger partial charge in [0.2, 0.25) is 11.8 Å². The molecule has 2 amide bonds. The van der Waals surface area contributed by atoms with Crippen LogP contribution in [0.1, 0.15) is 31.2 Å². The van der Waals surface area contributed by atoms with E-state index in [1.807, 2.05) is 24.3 Å². The van der Waals surface area contributed by atoms with Crippen molar-refractivity contribution >= 4 is 28.7 Å². The number of carbonyl (C=O) groups excluding carboxylic acids is 2. The van der Waals surface area contributed by atoms with Crippen LogP contribution in [-0.4, -0.2) is 38.8 Å². The Morgan fingerprint density at radius 3 is 2.44 bits per heavy atom. The standard InChI is InChI=1S/C19H20N2O4/c22-17-13-6-1-2-7-14(13)18(23)21(17)16(19(24)25)9-11-10-20-15-8-4-3-5-12(11)15/h3-5,8,10,13-14,16,20H,1-2,6-7,9H2,(H,24,25). The summed E-state index contributed by atoms with van der Waals surface area (Å²) in [6.07, 6.45) is 5.10. The molecule has 0 bridgehead atoms. The molecule has 25 heavy (non-hydrogen) atoms. The second kappa shape index (κ2) is 6.02. The SMILES string of the molecule is O=C(O)C(Cc1c[nH]c2ccccc12)N1C(=O)C2CCCCC2C1=O. The highest BCUT2D eigenvalue weighted by molar-refractivity contribution is 6.07. The molecule has 1 aromatic carbocycles. The molecule has 2 fully saturated rings. The van der Waals surface area contributed by atoms with Crippen LogP contribution in [0, 0.1) is 11.8 Å². The summed E-state index contributed by atoms with van der Waals surface area (Å²) < 4.78 is 0. The lowest BCUT2D eigenvalue weighted by atomic mass is 9.81. The minimum absolute atomic E-state index is 0.121. The van der Waals surface area contributed by atoms with Gasteiger partial charge in [-0.2, -0.15) is 0 Å². The second-order valence-electron chi connectivity index (χ2n) is 6.96. The summed E-state index contributed by atoms with van der Waals surface area (Å²) in [5.41, 5.74) is 1.72. The van der Waals surface area contributed by atoms with Gasteiger partial charge in [-0.3, -0.25) is 14.5 Å². The fraction of sp³-hybridized carbons (Fsp3) is 0.421. The topological polar surface area (TPSA) is 90.5 Å². The molecule has 1 aliphatic heterocycles. The number of hydrogen-bond acceptors (Lipinski definition) is 3. The lowest BCUT2D eigenvalue weighted by molar-refractivity contribution is -0.155. The molecule has 0 radical (unpaired) electrons. The molecule has 6 heteroatoms. The third-order valence-electron chi connectivity index (χ3n) is 5.56. The number of hydrogen-bond donors (Lipinski definition) is 2. The summed E-state index contributed by atoms with van der Waals surface area (Å²) in [5.74, 6) is -2.40. The van der Waals surface area contributed by atoms with Crippen molar-refractivity contribution in [3.63, 3.8) is 0 Å². The predicted octanol–water partition coefficient (Wildman–Crippen LogP) is 2.34. The monoisotopic (exact) mass is 340 g/mol. The maximum atomic E-state index is 12.7. The minimum Gasteiger partial charge on any atom is -0.480 e. The van der Waals surface area contributed by atoms with Crippen LogP contribution < -0.4 is 0 Å². The number of benzene rings is 1. The second-order valence-corrected chi connectivity index (χ2v) is 6.96. The van der Waals surface area contributed by atoms with E-state index in [2.05, 4.69) is 4.98 Å². The van der Waals surface area contributed by atoms with Gasteiger partial charge in [0, 0.05) is 23.5 Å². The van der Waals surface area contributed by atoms with Crippen LogP contribution in [0.5, 0.6) is 0 Å². The number of rotatable bonds is 4. The van der Waals surface area contributed by atoms with Gasteiger partial charge < -0.3 is 10.1 Å². The Balaban J connectivity index is 1.66. The zero-order chi connectivity index (χ0) is 17.6. The van der Waals surface area contributed by atoms with Crippen LogP contribution in [0.3, 0.4) is 0 Å². The molecule has 0 spiro atoms. The Bertz CT molecular complexity index is 832. The first kappa shape index (κ1) is 15.9. The molecule has 1 aromatic heterocycles. The van der Waals surface area contributed by atoms with E-state index >= 15 is 0 Å². The van der Waals surface area contributed by atoms with Gasteiger partial charge in [0.25, 0.3) is 0 Å². The van der Waals surface area contributed by atoms with E-state index in [-0.39, 0.29) is 30.1 Å². The first-order valence-electron chi connectivity index (χ1n) is 8.72. The third-order valence-corrected chi connectivity index (χ3v) is 5.56. The molecule has 3 atom stereocenters. The molecule has 130 valence electrons. The molecule has 1 saturated heterocycles. The average molecular weight is 340 g/mol. The number of aliphatic carboxylic acids is 1. The molecule has 4 rings (SSSR count). The first-order chi connectivity index (χ1) is 12.1. The molecule has 3 unspecified atom stereocenters. The quantitative estimate of drug-likeness (QED) is 0.836. The number of likely N-dealkylation sites (tertiary alicyclic amines) is 1. The van der Waals surface area contributed by atoms with Crippen molar-refractivity contribution in [3.8, 4) is 0 Å². The van der Waals surface area contributed by atoms with Gasteiger partial charge in [-0.25, -0.2) is 4.79 Å². The maximum Gasteiger partial charge on any atom is 0.327 e. The van der Waals surface area contributed by atoms with E-state index in [1.165, 1.54) is 0 Å². The summed E-state index contributed by atoms with van der Waals surface area (Å²) in [7, 11) is 0. The zero-order valence-electron chi connectivity index (χ0n) is 13.8. The Hall–Kier alpha value is -2.63. The van der Waals surface area contributed by atoms with E-state index in [9.17, 15) is 19.5 Å². The Kier molecular flexibility index (Phi) is 3.82. The number of imide groups is 1. The van der Waals surface area contributed by atoms with Gasteiger partial charge in [0.05, 0.1) is 11.8 Å². The number of nitrogens with zero attached hydrogens (tertiary/aromatic N) is 1. The average Bonchev–Trinajstić information content (AvgIpc) is 3.13. The number of carboxylic acids is 1. The first-order valence-corrected chi connectivity index (χ1v) is 8.72. The molecule has 1 aliphatic carbocycles. The van der Waals surface area contributed by atoms with E-state index in [0.717, 1.165) is 34.2 Å². The molecule has 1 saturated carbocycles. The van der Waals surface area contributed by atoms with Gasteiger partial charge in [-0.1, -0.05) is 31.0 Å². The Labute approximate surface area is 144 Å². The van der Waals surface area contributed by atoms with E-state index in [1.54, 1.807) is 6.20 Å². The third kappa shape index (κ3) is 2.52. The van der Waals surface area contributed by atoms with Crippen LogP contribution >= 0.6 is 0 Å². The number of aromatic nitrogens is 1. The zero-order valence-corrected chi connectivity index (χ0v) is 13.8. The number of H-pyrrole nitrogens is 1. The fourth-order valence-electron chi connectivity index (χ4n) is 4.29. The molecule has 2 aromatic rings. The molecular formula is C19H20N2O4. The number of amides is 2. The van der Waals surface area contributed by atoms with E-state index < -0.39 is 12.0 Å². The highest BCUT2D eigenvalue weighted by atomic mass is 16.4. The summed E-state index contributed by atoms with van der Waals surface area (Å²) >= 11 is 0. The van der Waals surface area contributed by atoms with Gasteiger partial charge in [-0.05, 0) is 24.5 Å². The number of nitrogens with one attached hydrogen (secondary N) is 1. The molecular weight excluding hydrogens is 320 g/mol. The highest BCUT2D eigenvalue weighted by Crippen LogP contribution is 2.39. The van der Waals surface area contributed by atoms with E-state index in [0.29, 0.717) is 12.8 Å². The van der Waals surface area contributed by atoms with Crippen LogP contribution in [0.15, 0.2) is 30.5 Å². The van der Waals surface area contributed by atoms with Crippen molar-refractivity contribution < 1.29 is 19.5 Å². The number of aromatic amines is 1. The van der Waals surface area contributed by atoms with Crippen LogP contribution in [0.25, 0.3) is 10.9 Å². The molecule has 2 aliphatic rings. The number of para-hydroxylation sites is 1. The largest absolute Gasteiger partial charge is 0.480 e. The maximum absolute atomic E-state index is 12.7. The van der Waals surface area contributed by atoms with Crippen molar-refractivity contribution in [2.24, 2.45) is 11.8 Å². The van der Waals surface area contributed by atoms with Gasteiger partial charge in [0.1, 0.15) is 6.04 Å². The summed E-state index contributed by atoms with van der Waals surface area (Å²) in [6, 6.07) is 6.46. The predicted molar refractivity (Wildman–Crippen MR) is 90.7 cm³/mol. The lowest BCUT2D eigenvalue weighted by Crippen LogP contribution is -2.46. The molecule has 2 heterocycles. The minimum atomic E-state index is -1.15. The van der Waals surface area contributed by atoms with Crippen molar-refractivity contribution in [2.75, 3.05) is 0 Å². The van der Waals surface area contributed by atoms with Gasteiger partial charge in [-0.15, -0.1) is 0 Å². The summed E-state index contributed by atoms with van der Waals surface area (Å²) in [5, 5.41) is 10.6. The lowest BCUT2D eigenvalue weighted by Gasteiger charge is -2.23. The Morgan fingerprint density at radius 2 is 1.80 bits per heavy atom. The number of carboxylic acid groups (broad SMARTS) is 1. The normalized spacial score (nSPS) is 24.6. The van der Waals surface area contributed by atoms with Gasteiger partial charge in [0.15, 0.2) is 0 Å². The van der Waals surface area contributed by atoms with Crippen molar-refractivity contribution in [2.45, 2.75) is 38.1 Å². The molecule has 2 N–H and O–H groups in total. The summed E-state index contributed by atoms with van der Waals surface area (Å²) in [4.78, 5) is 41.5. The summed E-state index contributed by atoms with van der Waals surface area (Å²) in [6.45, 7) is 0. The van der Waals surface area contributed by atoms with Crippen molar-refractivity contribution in [1.29, 1.82) is 0 Å². The number of carbonyl (C=O) groups is 3. The smallest absolute Gasteiger partial charge is 0.327 e. The van der Waals surface area contributed by atoms with Crippen LogP contribution in [0.2, 0.25) is 0 Å². The Morgan fingerprint density at radius 1 is 1.16 bits per heavy atom.